The minimum absolute atomic E-state index is 0.0243. The number of aromatic amines is 1. The van der Waals surface area contributed by atoms with Gasteiger partial charge in [0.15, 0.2) is 0 Å². The van der Waals surface area contributed by atoms with Crippen molar-refractivity contribution in [3.05, 3.63) is 107 Å². The lowest BCUT2D eigenvalue weighted by Crippen LogP contribution is -2.37. The summed E-state index contributed by atoms with van der Waals surface area (Å²) in [5, 5.41) is 66.8. The molecule has 4 aromatic rings. The van der Waals surface area contributed by atoms with Gasteiger partial charge in [-0.2, -0.15) is 0 Å². The molecule has 0 unspecified atom stereocenters. The zero-order valence-electron chi connectivity index (χ0n) is 38.5. The number of aliphatic hydroxyl groups excluding tert-OH is 2. The van der Waals surface area contributed by atoms with Crippen molar-refractivity contribution in [2.24, 2.45) is 35.5 Å². The number of anilines is 1. The summed E-state index contributed by atoms with van der Waals surface area (Å²) in [6.07, 6.45) is 18.2. The van der Waals surface area contributed by atoms with Gasteiger partial charge in [-0.05, 0) is 141 Å². The van der Waals surface area contributed by atoms with Gasteiger partial charge >= 0.3 is 5.97 Å². The van der Waals surface area contributed by atoms with Crippen LogP contribution in [-0.2, 0) is 30.5 Å². The van der Waals surface area contributed by atoms with Gasteiger partial charge in [0.25, 0.3) is 0 Å². The summed E-state index contributed by atoms with van der Waals surface area (Å²) in [5.74, 6) is -0.513. The molecule has 1 saturated carbocycles. The molecule has 2 aromatic carbocycles. The number of hydrogen-bond donors (Lipinski definition) is 8. The lowest BCUT2D eigenvalue weighted by Gasteiger charge is -2.32. The number of benzene rings is 2. The van der Waals surface area contributed by atoms with Crippen LogP contribution in [-0.4, -0.2) is 64.4 Å². The highest BCUT2D eigenvalue weighted by Crippen LogP contribution is 2.47. The van der Waals surface area contributed by atoms with Crippen LogP contribution in [0.15, 0.2) is 79.0 Å². The van der Waals surface area contributed by atoms with E-state index in [1.807, 2.05) is 36.4 Å². The number of H-pyrrole nitrogens is 1. The van der Waals surface area contributed by atoms with Crippen LogP contribution >= 0.6 is 0 Å². The lowest BCUT2D eigenvalue weighted by atomic mass is 9.80. The van der Waals surface area contributed by atoms with Crippen molar-refractivity contribution in [1.29, 1.82) is 0 Å². The molecule has 2 heterocycles. The Morgan fingerprint density at radius 2 is 1.70 bits per heavy atom. The number of phenols is 2. The number of aromatic hydroxyl groups is 2. The van der Waals surface area contributed by atoms with Crippen molar-refractivity contribution in [3.8, 4) is 22.8 Å². The fraction of sp³-hybridized carbons (Fsp3) is 0.556. The first kappa shape index (κ1) is 48.8. The fourth-order valence-electron chi connectivity index (χ4n) is 10.8. The maximum Gasteiger partial charge on any atom is 0.309 e. The van der Waals surface area contributed by atoms with Gasteiger partial charge in [0.2, 0.25) is 0 Å². The molecule has 64 heavy (non-hydrogen) atoms. The first-order valence-corrected chi connectivity index (χ1v) is 24.2. The Labute approximate surface area is 381 Å². The third-order valence-corrected chi connectivity index (χ3v) is 14.3. The molecule has 348 valence electrons. The smallest absolute Gasteiger partial charge is 0.309 e. The van der Waals surface area contributed by atoms with Crippen molar-refractivity contribution in [3.63, 3.8) is 0 Å². The Hall–Kier alpha value is -4.64. The maximum atomic E-state index is 12.5. The first-order chi connectivity index (χ1) is 30.7. The Balaban J connectivity index is 1.11. The monoisotopic (exact) mass is 878 g/mol. The van der Waals surface area contributed by atoms with Crippen LogP contribution in [0.4, 0.5) is 5.82 Å². The molecule has 2 aromatic heterocycles. The number of hydrogen-bond acceptors (Lipinski definition) is 8. The SMILES string of the molecule is CCCCC[C@H]1C=C[C@H](CCCCC[C@H](C(=O)O)[C@H](O)CC[C@]2(O)C[C@@H](Cc3ccnc(N)c3)C[C@H]2Cc2ccc(-c3cc(O)cc(O)c3Cc3ccccc3CC(C)C)[nH]2)[C@H](O)C1. The summed E-state index contributed by atoms with van der Waals surface area (Å²) >= 11 is 0. The van der Waals surface area contributed by atoms with Gasteiger partial charge < -0.3 is 41.4 Å². The molecule has 8 atom stereocenters. The van der Waals surface area contributed by atoms with Crippen LogP contribution in [0, 0.1) is 35.5 Å². The molecule has 2 aliphatic carbocycles. The number of nitrogens with one attached hydrogen (secondary N) is 1. The number of nitrogens with zero attached hydrogens (tertiary/aromatic N) is 1. The normalized spacial score (nSPS) is 23.1. The van der Waals surface area contributed by atoms with Gasteiger partial charge in [0.05, 0.1) is 23.7 Å². The summed E-state index contributed by atoms with van der Waals surface area (Å²) in [5.41, 5.74) is 11.3. The second kappa shape index (κ2) is 23.0. The predicted octanol–water partition coefficient (Wildman–Crippen LogP) is 10.3. The molecule has 2 aliphatic rings. The van der Waals surface area contributed by atoms with Crippen LogP contribution in [0.5, 0.6) is 11.5 Å². The number of carboxylic acid groups (broad SMARTS) is 1. The molecule has 0 radical (unpaired) electrons. The van der Waals surface area contributed by atoms with Gasteiger partial charge in [-0.15, -0.1) is 0 Å². The third-order valence-electron chi connectivity index (χ3n) is 14.3. The maximum absolute atomic E-state index is 12.5. The van der Waals surface area contributed by atoms with Gasteiger partial charge in [-0.1, -0.05) is 95.7 Å². The Morgan fingerprint density at radius 1 is 0.922 bits per heavy atom. The average molecular weight is 878 g/mol. The van der Waals surface area contributed by atoms with E-state index in [-0.39, 0.29) is 48.2 Å². The fourth-order valence-corrected chi connectivity index (χ4v) is 10.8. The molecule has 0 amide bonds. The molecule has 0 aliphatic heterocycles. The van der Waals surface area contributed by atoms with Crippen LogP contribution < -0.4 is 5.73 Å². The zero-order valence-corrected chi connectivity index (χ0v) is 38.5. The van der Waals surface area contributed by atoms with Crippen LogP contribution in [0.2, 0.25) is 0 Å². The number of nitrogen functional groups attached to an aromatic ring is 1. The largest absolute Gasteiger partial charge is 0.508 e. The molecular formula is C54H75N3O7. The van der Waals surface area contributed by atoms with E-state index >= 15 is 0 Å². The number of phenolic OH excluding ortho intramolecular Hbond substituents is 2. The minimum atomic E-state index is -1.16. The van der Waals surface area contributed by atoms with Crippen LogP contribution in [0.25, 0.3) is 11.3 Å². The van der Waals surface area contributed by atoms with Crippen molar-refractivity contribution in [2.45, 2.75) is 154 Å². The van der Waals surface area contributed by atoms with Gasteiger partial charge in [-0.3, -0.25) is 4.79 Å². The number of carbonyl (C=O) groups is 1. The number of unbranched alkanes of at least 4 members (excludes halogenated alkanes) is 4. The summed E-state index contributed by atoms with van der Waals surface area (Å²) in [6, 6.07) is 19.1. The topological polar surface area (TPSA) is 193 Å². The summed E-state index contributed by atoms with van der Waals surface area (Å²) in [4.78, 5) is 20.2. The first-order valence-electron chi connectivity index (χ1n) is 24.2. The second-order valence-electron chi connectivity index (χ2n) is 19.8. The van der Waals surface area contributed by atoms with Crippen molar-refractivity contribution in [1.82, 2.24) is 9.97 Å². The van der Waals surface area contributed by atoms with E-state index in [0.29, 0.717) is 67.3 Å². The number of rotatable bonds is 24. The van der Waals surface area contributed by atoms with Crippen LogP contribution in [0.3, 0.4) is 0 Å². The number of allylic oxidation sites excluding steroid dienone is 1. The summed E-state index contributed by atoms with van der Waals surface area (Å²) in [6.45, 7) is 6.58. The molecule has 0 spiro atoms. The van der Waals surface area contributed by atoms with Gasteiger partial charge in [0.1, 0.15) is 17.3 Å². The van der Waals surface area contributed by atoms with Gasteiger partial charge in [0, 0.05) is 47.1 Å². The molecule has 0 saturated heterocycles. The number of aliphatic carboxylic acids is 1. The number of nitrogens with two attached hydrogens (primary N) is 1. The molecule has 1 fully saturated rings. The predicted molar refractivity (Wildman–Crippen MR) is 255 cm³/mol. The highest BCUT2D eigenvalue weighted by atomic mass is 16.4. The highest BCUT2D eigenvalue weighted by molar-refractivity contribution is 5.71. The third kappa shape index (κ3) is 13.5. The van der Waals surface area contributed by atoms with E-state index in [4.69, 9.17) is 5.73 Å². The number of aromatic nitrogens is 2. The highest BCUT2D eigenvalue weighted by Gasteiger charge is 2.46. The zero-order chi connectivity index (χ0) is 45.8. The van der Waals surface area contributed by atoms with E-state index in [1.165, 1.54) is 30.9 Å². The molecule has 6 rings (SSSR count). The van der Waals surface area contributed by atoms with Crippen LogP contribution in [0.1, 0.15) is 139 Å². The van der Waals surface area contributed by atoms with E-state index in [9.17, 15) is 35.4 Å². The average Bonchev–Trinajstić information content (AvgIpc) is 3.83. The van der Waals surface area contributed by atoms with E-state index in [2.05, 4.69) is 55.0 Å². The number of pyridine rings is 1. The summed E-state index contributed by atoms with van der Waals surface area (Å²) in [7, 11) is 0. The van der Waals surface area contributed by atoms with Crippen molar-refractivity contribution >= 4 is 11.8 Å². The molecule has 10 heteroatoms. The number of carboxylic acids is 1. The Bertz CT molecular complexity index is 2130. The molecule has 0 bridgehead atoms. The minimum Gasteiger partial charge on any atom is -0.508 e. The summed E-state index contributed by atoms with van der Waals surface area (Å²) < 4.78 is 0. The Kier molecular flexibility index (Phi) is 17.5. The van der Waals surface area contributed by atoms with Crippen molar-refractivity contribution < 1.29 is 35.4 Å². The quantitative estimate of drug-likeness (QED) is 0.0250. The second-order valence-corrected chi connectivity index (χ2v) is 19.8. The van der Waals surface area contributed by atoms with Gasteiger partial charge in [-0.25, -0.2) is 4.98 Å². The van der Waals surface area contributed by atoms with E-state index in [0.717, 1.165) is 67.5 Å². The van der Waals surface area contributed by atoms with E-state index in [1.54, 1.807) is 12.3 Å². The lowest BCUT2D eigenvalue weighted by molar-refractivity contribution is -0.146. The standard InChI is InChI=1S/C54H75N3O7/c1-4-5-7-12-36-17-18-39(50(60)28-36)13-8-6-9-16-45(53(62)63)49(59)21-23-54(64)34-38(26-37-22-24-56-52(55)29-37)27-42(54)31-43-19-20-48(57-43)46-32-44(58)33-51(61)47(46)30-41-15-11-10-14-40(41)25-35(2)3/h10-11,14-15,17-20,22,24,29,32-33,35-36,38-39,42,45,49-50,57-61,64H,4-9,12-13,16,21,23,25-28,30-31,34H2,1-3H3,(H2,55,56)(H,62,63)/t36-,38-,39-,42-,45-,49+,50+,54-/m0/s1. The molecular weight excluding hydrogens is 803 g/mol. The van der Waals surface area contributed by atoms with Crippen molar-refractivity contribution in [2.75, 3.05) is 5.73 Å². The van der Waals surface area contributed by atoms with E-state index < -0.39 is 23.6 Å². The molecule has 10 nitrogen and oxygen atoms in total. The molecule has 9 N–H and O–H groups in total. The Morgan fingerprint density at radius 3 is 2.44 bits per heavy atom. The number of aliphatic hydroxyl groups is 3.